The van der Waals surface area contributed by atoms with Crippen LogP contribution in [-0.2, 0) is 0 Å². The molecule has 0 heterocycles. The second-order valence-corrected chi connectivity index (χ2v) is 0.675. The summed E-state index contributed by atoms with van der Waals surface area (Å²) in [6.45, 7) is 2.38. The SMILES string of the molecule is C=[C]C(F)(F)F. The molecule has 0 fully saturated rings. The molecule has 0 aromatic heterocycles. The van der Waals surface area contributed by atoms with Gasteiger partial charge in [-0.3, -0.25) is 0 Å². The molecule has 6 heavy (non-hydrogen) atoms. The number of rotatable bonds is 0. The fourth-order valence-electron chi connectivity index (χ4n) is 0. The normalized spacial score (nSPS) is 11.2. The Kier molecular flexibility index (Phi) is 1.22. The molecule has 0 nitrogen and oxygen atoms in total. The Labute approximate surface area is 33.3 Å². The maximum atomic E-state index is 10.6. The lowest BCUT2D eigenvalue weighted by molar-refractivity contribution is -0.0871. The van der Waals surface area contributed by atoms with Crippen LogP contribution in [0.15, 0.2) is 6.58 Å². The largest absolute Gasteiger partial charge is 0.416 e. The third-order valence-corrected chi connectivity index (χ3v) is 0.200. The first-order valence-electron chi connectivity index (χ1n) is 1.17. The smallest absolute Gasteiger partial charge is 0.166 e. The van der Waals surface area contributed by atoms with Gasteiger partial charge >= 0.3 is 6.18 Å². The third kappa shape index (κ3) is 3.53. The fraction of sp³-hybridized carbons (Fsp3) is 0.333. The van der Waals surface area contributed by atoms with Crippen molar-refractivity contribution in [1.29, 1.82) is 0 Å². The number of hydrogen-bond acceptors (Lipinski definition) is 0. The summed E-state index contributed by atoms with van der Waals surface area (Å²) in [5, 5.41) is 0. The van der Waals surface area contributed by atoms with Gasteiger partial charge in [-0.1, -0.05) is 6.58 Å². The minimum atomic E-state index is -4.32. The van der Waals surface area contributed by atoms with E-state index in [2.05, 4.69) is 6.58 Å². The molecular weight excluding hydrogens is 93.0 g/mol. The van der Waals surface area contributed by atoms with E-state index >= 15 is 0 Å². The Morgan fingerprint density at radius 3 is 1.50 bits per heavy atom. The molecule has 35 valence electrons. The highest BCUT2D eigenvalue weighted by Gasteiger charge is 2.20. The van der Waals surface area contributed by atoms with Crippen molar-refractivity contribution in [2.75, 3.05) is 0 Å². The Morgan fingerprint density at radius 1 is 1.33 bits per heavy atom. The van der Waals surface area contributed by atoms with E-state index in [0.29, 0.717) is 0 Å². The summed E-state index contributed by atoms with van der Waals surface area (Å²) in [4.78, 5) is 0. The molecule has 0 bridgehead atoms. The molecule has 0 aromatic carbocycles. The second-order valence-electron chi connectivity index (χ2n) is 0.675. The predicted molar refractivity (Wildman–Crippen MR) is 14.9 cm³/mol. The lowest BCUT2D eigenvalue weighted by Crippen LogP contribution is -1.99. The maximum Gasteiger partial charge on any atom is 0.416 e. The summed E-state index contributed by atoms with van der Waals surface area (Å²) >= 11 is 0. The third-order valence-electron chi connectivity index (χ3n) is 0.200. The number of alkyl halides is 3. The second kappa shape index (κ2) is 1.32. The first kappa shape index (κ1) is 5.53. The van der Waals surface area contributed by atoms with E-state index < -0.39 is 6.18 Å². The number of allylic oxidation sites excluding steroid dienone is 1. The molecule has 0 aliphatic rings. The van der Waals surface area contributed by atoms with Crippen LogP contribution in [0.2, 0.25) is 0 Å². The molecule has 0 aromatic rings. The van der Waals surface area contributed by atoms with E-state index in [1.54, 1.807) is 0 Å². The first-order chi connectivity index (χ1) is 2.56. The van der Waals surface area contributed by atoms with Gasteiger partial charge in [0.2, 0.25) is 0 Å². The zero-order chi connectivity index (χ0) is 5.21. The summed E-state index contributed by atoms with van der Waals surface area (Å²) in [6.07, 6.45) is -3.47. The average molecular weight is 95.0 g/mol. The molecule has 0 saturated carbocycles. The zero-order valence-electron chi connectivity index (χ0n) is 2.84. The van der Waals surface area contributed by atoms with Crippen LogP contribution < -0.4 is 0 Å². The minimum absolute atomic E-state index is 0.854. The lowest BCUT2D eigenvalue weighted by atomic mass is 10.6. The highest BCUT2D eigenvalue weighted by molar-refractivity contribution is 4.64. The molecule has 0 aliphatic carbocycles. The van der Waals surface area contributed by atoms with Gasteiger partial charge in [0.15, 0.2) is 0 Å². The topological polar surface area (TPSA) is 0 Å². The first-order valence-corrected chi connectivity index (χ1v) is 1.17. The van der Waals surface area contributed by atoms with Crippen LogP contribution in [0.25, 0.3) is 0 Å². The van der Waals surface area contributed by atoms with Gasteiger partial charge in [-0.05, 0) is 0 Å². The average Bonchev–Trinajstić information content (AvgIpc) is 1.35. The molecule has 0 saturated heterocycles. The Morgan fingerprint density at radius 2 is 1.50 bits per heavy atom. The minimum Gasteiger partial charge on any atom is -0.166 e. The van der Waals surface area contributed by atoms with E-state index in [1.807, 2.05) is 0 Å². The van der Waals surface area contributed by atoms with Crippen LogP contribution in [0.1, 0.15) is 0 Å². The summed E-state index contributed by atoms with van der Waals surface area (Å²) in [7, 11) is 0. The summed E-state index contributed by atoms with van der Waals surface area (Å²) in [5.41, 5.74) is 0. The standard InChI is InChI=1S/C3H2F3/c1-2-3(4,5)6/h1H2. The van der Waals surface area contributed by atoms with Crippen LogP contribution in [-0.4, -0.2) is 6.18 Å². The van der Waals surface area contributed by atoms with Crippen LogP contribution in [0, 0.1) is 6.08 Å². The summed E-state index contributed by atoms with van der Waals surface area (Å²) in [6, 6.07) is 0. The number of halogens is 3. The van der Waals surface area contributed by atoms with Crippen LogP contribution >= 0.6 is 0 Å². The van der Waals surface area contributed by atoms with E-state index in [1.165, 1.54) is 0 Å². The van der Waals surface area contributed by atoms with Gasteiger partial charge in [0.1, 0.15) is 0 Å². The monoisotopic (exact) mass is 95.0 g/mol. The van der Waals surface area contributed by atoms with Crippen LogP contribution in [0.4, 0.5) is 13.2 Å². The molecular formula is C3H2F3. The molecule has 0 atom stereocenters. The summed E-state index contributed by atoms with van der Waals surface area (Å²) < 4.78 is 31.8. The Hall–Kier alpha value is -0.470. The highest BCUT2D eigenvalue weighted by Crippen LogP contribution is 2.12. The molecule has 0 amide bonds. The summed E-state index contributed by atoms with van der Waals surface area (Å²) in [5.74, 6) is 0. The van der Waals surface area contributed by atoms with Crippen molar-refractivity contribution < 1.29 is 13.2 Å². The van der Waals surface area contributed by atoms with E-state index in [-0.39, 0.29) is 0 Å². The molecule has 0 unspecified atom stereocenters. The molecule has 0 spiro atoms. The van der Waals surface area contributed by atoms with Crippen molar-refractivity contribution in [3.63, 3.8) is 0 Å². The van der Waals surface area contributed by atoms with Gasteiger partial charge in [0.25, 0.3) is 0 Å². The quantitative estimate of drug-likeness (QED) is 0.428. The van der Waals surface area contributed by atoms with E-state index in [4.69, 9.17) is 0 Å². The van der Waals surface area contributed by atoms with Crippen molar-refractivity contribution >= 4 is 0 Å². The van der Waals surface area contributed by atoms with Gasteiger partial charge in [0, 0.05) is 0 Å². The van der Waals surface area contributed by atoms with Crippen molar-refractivity contribution in [3.8, 4) is 0 Å². The van der Waals surface area contributed by atoms with Crippen molar-refractivity contribution in [3.05, 3.63) is 12.7 Å². The van der Waals surface area contributed by atoms with Gasteiger partial charge in [-0.2, -0.15) is 13.2 Å². The van der Waals surface area contributed by atoms with E-state index in [9.17, 15) is 13.2 Å². The van der Waals surface area contributed by atoms with Gasteiger partial charge in [-0.15, -0.1) is 0 Å². The van der Waals surface area contributed by atoms with E-state index in [0.717, 1.165) is 6.08 Å². The molecule has 3 heteroatoms. The predicted octanol–water partition coefficient (Wildman–Crippen LogP) is 1.54. The lowest BCUT2D eigenvalue weighted by Gasteiger charge is -1.90. The number of hydrogen-bond donors (Lipinski definition) is 0. The highest BCUT2D eigenvalue weighted by atomic mass is 19.4. The maximum absolute atomic E-state index is 10.6. The molecule has 1 radical (unpaired) electrons. The molecule has 0 rings (SSSR count). The van der Waals surface area contributed by atoms with Crippen LogP contribution in [0.5, 0.6) is 0 Å². The van der Waals surface area contributed by atoms with Crippen molar-refractivity contribution in [2.45, 2.75) is 6.18 Å². The van der Waals surface area contributed by atoms with Crippen LogP contribution in [0.3, 0.4) is 0 Å². The molecule has 0 N–H and O–H groups in total. The van der Waals surface area contributed by atoms with Crippen molar-refractivity contribution in [1.82, 2.24) is 0 Å². The van der Waals surface area contributed by atoms with Crippen molar-refractivity contribution in [2.24, 2.45) is 0 Å². The van der Waals surface area contributed by atoms with Gasteiger partial charge < -0.3 is 0 Å². The van der Waals surface area contributed by atoms with Gasteiger partial charge in [0.05, 0.1) is 6.08 Å². The Bertz CT molecular complexity index is 51.5. The Balaban J connectivity index is 3.45. The van der Waals surface area contributed by atoms with Gasteiger partial charge in [-0.25, -0.2) is 0 Å². The zero-order valence-corrected chi connectivity index (χ0v) is 2.84. The molecule has 0 aliphatic heterocycles. The fourth-order valence-corrected chi connectivity index (χ4v) is 0.